The molecule has 2 aliphatic rings. The zero-order valence-electron chi connectivity index (χ0n) is 12.9. The fourth-order valence-electron chi connectivity index (χ4n) is 3.84. The van der Waals surface area contributed by atoms with Gasteiger partial charge in [-0.15, -0.1) is 0 Å². The van der Waals surface area contributed by atoms with Crippen LogP contribution < -0.4 is 5.73 Å². The Hall–Kier alpha value is -2.12. The van der Waals surface area contributed by atoms with Gasteiger partial charge in [0, 0.05) is 31.8 Å². The lowest BCUT2D eigenvalue weighted by atomic mass is 9.74. The Balaban J connectivity index is 1.69. The number of carbonyl (C=O) groups excluding carboxylic acids is 2. The Labute approximate surface area is 143 Å². The van der Waals surface area contributed by atoms with Gasteiger partial charge in [-0.05, 0) is 18.6 Å². The van der Waals surface area contributed by atoms with E-state index in [9.17, 15) is 9.59 Å². The SMILES string of the molecule is NC(=O)[C@]12CCOC[C@H]1CN(C(=O)c1cnn3cccc(Cl)c13)C2. The van der Waals surface area contributed by atoms with Crippen molar-refractivity contribution < 1.29 is 14.3 Å². The summed E-state index contributed by atoms with van der Waals surface area (Å²) in [6, 6.07) is 3.48. The van der Waals surface area contributed by atoms with E-state index in [2.05, 4.69) is 5.10 Å². The molecule has 8 heteroatoms. The standard InChI is InChI=1S/C16H17ClN4O3/c17-12-2-1-4-21-13(12)11(6-19-21)14(22)20-7-10-8-24-5-3-16(10,9-20)15(18)23/h1-2,4,6,10H,3,5,7-9H2,(H2,18,23)/t10-,16+/m1/s1. The second kappa shape index (κ2) is 5.46. The van der Waals surface area contributed by atoms with E-state index in [1.54, 1.807) is 27.7 Å². The van der Waals surface area contributed by atoms with Crippen molar-refractivity contribution in [1.29, 1.82) is 0 Å². The smallest absolute Gasteiger partial charge is 0.257 e. The molecule has 126 valence electrons. The zero-order valence-corrected chi connectivity index (χ0v) is 13.7. The van der Waals surface area contributed by atoms with E-state index < -0.39 is 5.41 Å². The normalized spacial score (nSPS) is 26.5. The van der Waals surface area contributed by atoms with Crippen molar-refractivity contribution in [2.45, 2.75) is 6.42 Å². The highest BCUT2D eigenvalue weighted by atomic mass is 35.5. The Morgan fingerprint density at radius 2 is 2.29 bits per heavy atom. The zero-order chi connectivity index (χ0) is 16.9. The van der Waals surface area contributed by atoms with Crippen molar-refractivity contribution in [2.24, 2.45) is 17.1 Å². The van der Waals surface area contributed by atoms with Gasteiger partial charge in [0.25, 0.3) is 5.91 Å². The van der Waals surface area contributed by atoms with Gasteiger partial charge in [-0.3, -0.25) is 9.59 Å². The Morgan fingerprint density at radius 3 is 3.04 bits per heavy atom. The number of aromatic nitrogens is 2. The molecule has 0 saturated carbocycles. The average Bonchev–Trinajstić information content (AvgIpc) is 3.17. The molecule has 0 aliphatic carbocycles. The van der Waals surface area contributed by atoms with Crippen molar-refractivity contribution in [3.63, 3.8) is 0 Å². The summed E-state index contributed by atoms with van der Waals surface area (Å²) in [6.45, 7) is 1.70. The van der Waals surface area contributed by atoms with Gasteiger partial charge in [0.05, 0.1) is 34.3 Å². The first-order valence-electron chi connectivity index (χ1n) is 7.82. The number of fused-ring (bicyclic) bond motifs is 2. The van der Waals surface area contributed by atoms with Crippen LogP contribution in [0.25, 0.3) is 5.52 Å². The molecular formula is C16H17ClN4O3. The first-order chi connectivity index (χ1) is 11.5. The van der Waals surface area contributed by atoms with E-state index >= 15 is 0 Å². The van der Waals surface area contributed by atoms with E-state index in [0.717, 1.165) is 0 Å². The maximum Gasteiger partial charge on any atom is 0.257 e. The molecule has 0 spiro atoms. The van der Waals surface area contributed by atoms with Gasteiger partial charge < -0.3 is 15.4 Å². The van der Waals surface area contributed by atoms with Crippen LogP contribution in [0.5, 0.6) is 0 Å². The number of amides is 2. The Kier molecular flexibility index (Phi) is 3.51. The molecule has 7 nitrogen and oxygen atoms in total. The first-order valence-corrected chi connectivity index (χ1v) is 8.19. The third-order valence-electron chi connectivity index (χ3n) is 5.21. The van der Waals surface area contributed by atoms with Crippen molar-refractivity contribution in [1.82, 2.24) is 14.5 Å². The highest BCUT2D eigenvalue weighted by molar-refractivity contribution is 6.34. The lowest BCUT2D eigenvalue weighted by molar-refractivity contribution is -0.135. The van der Waals surface area contributed by atoms with Crippen molar-refractivity contribution >= 4 is 28.9 Å². The molecule has 2 amide bonds. The number of likely N-dealkylation sites (tertiary alicyclic amines) is 1. The molecule has 4 heterocycles. The van der Waals surface area contributed by atoms with Crippen LogP contribution in [0.2, 0.25) is 5.02 Å². The number of hydrogen-bond acceptors (Lipinski definition) is 4. The van der Waals surface area contributed by atoms with E-state index in [0.29, 0.717) is 48.8 Å². The minimum atomic E-state index is -0.694. The maximum absolute atomic E-state index is 13.0. The molecule has 2 fully saturated rings. The van der Waals surface area contributed by atoms with Crippen molar-refractivity contribution in [3.8, 4) is 0 Å². The fourth-order valence-corrected chi connectivity index (χ4v) is 4.10. The molecule has 2 N–H and O–H groups in total. The van der Waals surface area contributed by atoms with Crippen molar-refractivity contribution in [2.75, 3.05) is 26.3 Å². The van der Waals surface area contributed by atoms with Gasteiger partial charge in [-0.25, -0.2) is 4.52 Å². The highest BCUT2D eigenvalue weighted by Crippen LogP contribution is 2.42. The summed E-state index contributed by atoms with van der Waals surface area (Å²) in [7, 11) is 0. The number of primary amides is 1. The average molecular weight is 349 g/mol. The minimum absolute atomic E-state index is 0.0648. The predicted molar refractivity (Wildman–Crippen MR) is 86.7 cm³/mol. The van der Waals surface area contributed by atoms with E-state index in [-0.39, 0.29) is 17.7 Å². The molecule has 0 unspecified atom stereocenters. The summed E-state index contributed by atoms with van der Waals surface area (Å²) < 4.78 is 7.06. The first kappa shape index (κ1) is 15.4. The molecular weight excluding hydrogens is 332 g/mol. The molecule has 0 radical (unpaired) electrons. The lowest BCUT2D eigenvalue weighted by Gasteiger charge is -2.34. The predicted octanol–water partition coefficient (Wildman–Crippen LogP) is 0.952. The number of rotatable bonds is 2. The van der Waals surface area contributed by atoms with Gasteiger partial charge in [-0.2, -0.15) is 5.10 Å². The number of carbonyl (C=O) groups is 2. The van der Waals surface area contributed by atoms with Crippen LogP contribution >= 0.6 is 11.6 Å². The van der Waals surface area contributed by atoms with Crippen molar-refractivity contribution in [3.05, 3.63) is 35.1 Å². The summed E-state index contributed by atoms with van der Waals surface area (Å²) >= 11 is 6.23. The third kappa shape index (κ3) is 2.12. The number of halogens is 1. The van der Waals surface area contributed by atoms with Gasteiger partial charge in [0.15, 0.2) is 0 Å². The lowest BCUT2D eigenvalue weighted by Crippen LogP contribution is -2.48. The Morgan fingerprint density at radius 1 is 1.46 bits per heavy atom. The van der Waals surface area contributed by atoms with Crippen LogP contribution in [-0.4, -0.2) is 52.6 Å². The number of nitrogens with two attached hydrogens (primary N) is 1. The molecule has 2 saturated heterocycles. The van der Waals surface area contributed by atoms with E-state index in [1.807, 2.05) is 0 Å². The van der Waals surface area contributed by atoms with E-state index in [1.165, 1.54) is 6.20 Å². The molecule has 2 atom stereocenters. The van der Waals surface area contributed by atoms with Gasteiger partial charge in [0.2, 0.25) is 5.91 Å². The molecule has 24 heavy (non-hydrogen) atoms. The van der Waals surface area contributed by atoms with Gasteiger partial charge in [0.1, 0.15) is 0 Å². The van der Waals surface area contributed by atoms with Gasteiger partial charge in [-0.1, -0.05) is 11.6 Å². The van der Waals surface area contributed by atoms with Crippen LogP contribution in [0.4, 0.5) is 0 Å². The Bertz CT molecular complexity index is 836. The molecule has 2 aliphatic heterocycles. The van der Waals surface area contributed by atoms with E-state index in [4.69, 9.17) is 22.1 Å². The topological polar surface area (TPSA) is 89.9 Å². The molecule has 0 aromatic carbocycles. The number of hydrogen-bond donors (Lipinski definition) is 1. The second-order valence-electron chi connectivity index (χ2n) is 6.44. The minimum Gasteiger partial charge on any atom is -0.381 e. The summed E-state index contributed by atoms with van der Waals surface area (Å²) in [5.74, 6) is -0.609. The maximum atomic E-state index is 13.0. The largest absolute Gasteiger partial charge is 0.381 e. The third-order valence-corrected chi connectivity index (χ3v) is 5.51. The van der Waals surface area contributed by atoms with Crippen LogP contribution in [-0.2, 0) is 9.53 Å². The quantitative estimate of drug-likeness (QED) is 0.875. The molecule has 4 rings (SSSR count). The monoisotopic (exact) mass is 348 g/mol. The number of ether oxygens (including phenoxy) is 1. The molecule has 2 aromatic rings. The van der Waals surface area contributed by atoms with Crippen LogP contribution in [0.3, 0.4) is 0 Å². The second-order valence-corrected chi connectivity index (χ2v) is 6.84. The highest BCUT2D eigenvalue weighted by Gasteiger charge is 2.53. The summed E-state index contributed by atoms with van der Waals surface area (Å²) in [5, 5.41) is 4.64. The molecule has 2 aromatic heterocycles. The molecule has 0 bridgehead atoms. The number of nitrogens with zero attached hydrogens (tertiary/aromatic N) is 3. The summed E-state index contributed by atoms with van der Waals surface area (Å²) in [6.07, 6.45) is 3.80. The summed E-state index contributed by atoms with van der Waals surface area (Å²) in [5.41, 5.74) is 5.98. The van der Waals surface area contributed by atoms with Crippen LogP contribution in [0.1, 0.15) is 16.8 Å². The fraction of sp³-hybridized carbons (Fsp3) is 0.438. The summed E-state index contributed by atoms with van der Waals surface area (Å²) in [4.78, 5) is 26.7. The van der Waals surface area contributed by atoms with Gasteiger partial charge >= 0.3 is 0 Å². The van der Waals surface area contributed by atoms with Crippen LogP contribution in [0, 0.1) is 11.3 Å². The van der Waals surface area contributed by atoms with Crippen LogP contribution in [0.15, 0.2) is 24.5 Å². The number of pyridine rings is 1.